The Morgan fingerprint density at radius 2 is 0.452 bits per heavy atom. The fourth-order valence-corrected chi connectivity index (χ4v) is 10.8. The molecule has 0 nitrogen and oxygen atoms in total. The Hall–Kier alpha value is -8.06. The van der Waals surface area contributed by atoms with Gasteiger partial charge in [-0.1, -0.05) is 206 Å². The number of rotatable bonds is 6. The standard InChI is InChI=1S/C62H38/c1-6-19-40(20-7-1)57-58(41-21-8-2-9-22-41)60(43-25-12-4-13-26-43)62(61(44-27-14-5-15-28-44)59(57)42-23-10-3-11-24-42)46-35-45-31-18-34-49-52-37-50-47-32-16-29-39-30-17-33-48(55(39)47)51(50)38-53(52)54(36-46)56(45)49/h1-38H. The smallest absolute Gasteiger partial charge is 0.00134 e. The second-order valence-electron chi connectivity index (χ2n) is 16.7. The Kier molecular flexibility index (Phi) is 7.71. The average Bonchev–Trinajstić information content (AvgIpc) is 3.84. The van der Waals surface area contributed by atoms with Crippen LogP contribution in [0.25, 0.3) is 131 Å². The highest BCUT2D eigenvalue weighted by atomic mass is 14.3. The molecule has 0 amide bonds. The molecule has 0 aliphatic heterocycles. The van der Waals surface area contributed by atoms with Gasteiger partial charge in [0.2, 0.25) is 0 Å². The summed E-state index contributed by atoms with van der Waals surface area (Å²) >= 11 is 0. The molecule has 0 saturated heterocycles. The van der Waals surface area contributed by atoms with E-state index in [-0.39, 0.29) is 0 Å². The average molecular weight is 783 g/mol. The lowest BCUT2D eigenvalue weighted by molar-refractivity contribution is 1.52. The zero-order valence-electron chi connectivity index (χ0n) is 33.9. The first-order valence-corrected chi connectivity index (χ1v) is 21.6. The van der Waals surface area contributed by atoms with E-state index in [1.165, 1.54) is 131 Å². The highest BCUT2D eigenvalue weighted by Crippen LogP contribution is 2.57. The molecule has 0 atom stereocenters. The van der Waals surface area contributed by atoms with Gasteiger partial charge in [-0.15, -0.1) is 0 Å². The molecule has 0 heterocycles. The third-order valence-electron chi connectivity index (χ3n) is 13.3. The second-order valence-corrected chi connectivity index (χ2v) is 16.7. The van der Waals surface area contributed by atoms with Gasteiger partial charge < -0.3 is 0 Å². The summed E-state index contributed by atoms with van der Waals surface area (Å²) in [6, 6.07) is 85.7. The van der Waals surface area contributed by atoms with Gasteiger partial charge in [-0.25, -0.2) is 0 Å². The minimum absolute atomic E-state index is 1.18. The molecule has 286 valence electrons. The Bertz CT molecular complexity index is 3690. The summed E-state index contributed by atoms with van der Waals surface area (Å²) in [5.74, 6) is 0. The first-order chi connectivity index (χ1) is 30.8. The van der Waals surface area contributed by atoms with Crippen molar-refractivity contribution < 1.29 is 0 Å². The van der Waals surface area contributed by atoms with Gasteiger partial charge in [-0.05, 0) is 156 Å². The largest absolute Gasteiger partial charge is 0.0622 e. The normalized spacial score (nSPS) is 11.9. The van der Waals surface area contributed by atoms with Crippen molar-refractivity contribution in [2.75, 3.05) is 0 Å². The number of benzene rings is 11. The fraction of sp³-hybridized carbons (Fsp3) is 0. The Morgan fingerprint density at radius 1 is 0.161 bits per heavy atom. The number of hydrogen-bond donors (Lipinski definition) is 0. The first kappa shape index (κ1) is 34.8. The van der Waals surface area contributed by atoms with Gasteiger partial charge in [-0.2, -0.15) is 0 Å². The van der Waals surface area contributed by atoms with Crippen LogP contribution in [-0.4, -0.2) is 0 Å². The van der Waals surface area contributed by atoms with Crippen molar-refractivity contribution >= 4 is 64.6 Å². The van der Waals surface area contributed by atoms with Crippen LogP contribution in [0, 0.1) is 0 Å². The summed E-state index contributed by atoms with van der Waals surface area (Å²) in [6.45, 7) is 0. The summed E-state index contributed by atoms with van der Waals surface area (Å²) in [5, 5.41) is 15.8. The number of hydrogen-bond acceptors (Lipinski definition) is 0. The fourth-order valence-electron chi connectivity index (χ4n) is 10.8. The van der Waals surface area contributed by atoms with Crippen LogP contribution in [0.4, 0.5) is 0 Å². The molecule has 62 heavy (non-hydrogen) atoms. The Balaban J connectivity index is 1.26. The molecule has 0 unspecified atom stereocenters. The molecular formula is C62H38. The maximum absolute atomic E-state index is 2.52. The van der Waals surface area contributed by atoms with Crippen molar-refractivity contribution in [2.24, 2.45) is 0 Å². The zero-order chi connectivity index (χ0) is 40.7. The van der Waals surface area contributed by atoms with Crippen LogP contribution >= 0.6 is 0 Å². The van der Waals surface area contributed by atoms with Crippen molar-refractivity contribution in [2.45, 2.75) is 0 Å². The van der Waals surface area contributed by atoms with Crippen LogP contribution in [0.15, 0.2) is 231 Å². The van der Waals surface area contributed by atoms with Crippen LogP contribution < -0.4 is 0 Å². The maximum atomic E-state index is 2.52. The number of fused-ring (bicyclic) bond motifs is 6. The molecule has 0 fully saturated rings. The molecular weight excluding hydrogens is 745 g/mol. The van der Waals surface area contributed by atoms with Crippen molar-refractivity contribution in [3.63, 3.8) is 0 Å². The SMILES string of the molecule is c1ccc(-c2c(-c3ccccc3)c(-c3ccccc3)c(-c3cc4cccc5c6cc7c(cc6c(c3)c45)c3cccc4cccc7c43)c(-c3ccccc3)c2-c2ccccc2)cc1. The van der Waals surface area contributed by atoms with E-state index in [0.29, 0.717) is 0 Å². The van der Waals surface area contributed by atoms with E-state index >= 15 is 0 Å². The monoisotopic (exact) mass is 782 g/mol. The third kappa shape index (κ3) is 5.14. The summed E-state index contributed by atoms with van der Waals surface area (Å²) in [5.41, 5.74) is 14.5. The Morgan fingerprint density at radius 3 is 0.806 bits per heavy atom. The molecule has 0 radical (unpaired) electrons. The van der Waals surface area contributed by atoms with Gasteiger partial charge in [0, 0.05) is 0 Å². The van der Waals surface area contributed by atoms with Crippen molar-refractivity contribution in [3.8, 4) is 66.8 Å². The molecule has 0 aliphatic rings. The van der Waals surface area contributed by atoms with Gasteiger partial charge in [0.1, 0.15) is 0 Å². The molecule has 0 saturated carbocycles. The summed E-state index contributed by atoms with van der Waals surface area (Å²) in [6.07, 6.45) is 0. The summed E-state index contributed by atoms with van der Waals surface area (Å²) in [4.78, 5) is 0. The predicted molar refractivity (Wildman–Crippen MR) is 266 cm³/mol. The van der Waals surface area contributed by atoms with Crippen molar-refractivity contribution in [3.05, 3.63) is 231 Å². The van der Waals surface area contributed by atoms with Gasteiger partial charge in [-0.3, -0.25) is 0 Å². The predicted octanol–water partition coefficient (Wildman–Crippen LogP) is 17.5. The lowest BCUT2D eigenvalue weighted by Crippen LogP contribution is -2.02. The lowest BCUT2D eigenvalue weighted by Gasteiger charge is -2.29. The molecule has 0 aliphatic carbocycles. The van der Waals surface area contributed by atoms with E-state index in [4.69, 9.17) is 0 Å². The maximum Gasteiger partial charge on any atom is -0.00134 e. The van der Waals surface area contributed by atoms with E-state index < -0.39 is 0 Å². The highest BCUT2D eigenvalue weighted by Gasteiger charge is 2.30. The van der Waals surface area contributed by atoms with Gasteiger partial charge in [0.15, 0.2) is 0 Å². The van der Waals surface area contributed by atoms with Crippen LogP contribution in [-0.2, 0) is 0 Å². The van der Waals surface area contributed by atoms with E-state index in [2.05, 4.69) is 231 Å². The van der Waals surface area contributed by atoms with E-state index in [1.807, 2.05) is 0 Å². The van der Waals surface area contributed by atoms with Gasteiger partial charge >= 0.3 is 0 Å². The van der Waals surface area contributed by atoms with E-state index in [9.17, 15) is 0 Å². The quantitative estimate of drug-likeness (QED) is 0.158. The van der Waals surface area contributed by atoms with E-state index in [0.717, 1.165) is 0 Å². The van der Waals surface area contributed by atoms with Crippen molar-refractivity contribution in [1.29, 1.82) is 0 Å². The molecule has 0 spiro atoms. The summed E-state index contributed by atoms with van der Waals surface area (Å²) in [7, 11) is 0. The second kappa shape index (κ2) is 13.7. The third-order valence-corrected chi connectivity index (χ3v) is 13.3. The minimum Gasteiger partial charge on any atom is -0.0622 e. The molecule has 0 aromatic heterocycles. The van der Waals surface area contributed by atoms with Gasteiger partial charge in [0.05, 0.1) is 0 Å². The van der Waals surface area contributed by atoms with Crippen LogP contribution in [0.5, 0.6) is 0 Å². The molecule has 0 N–H and O–H groups in total. The molecule has 0 heteroatoms. The summed E-state index contributed by atoms with van der Waals surface area (Å²) < 4.78 is 0. The zero-order valence-corrected chi connectivity index (χ0v) is 33.9. The Labute approximate surface area is 360 Å². The van der Waals surface area contributed by atoms with Crippen molar-refractivity contribution in [1.82, 2.24) is 0 Å². The van der Waals surface area contributed by atoms with Crippen LogP contribution in [0.1, 0.15) is 0 Å². The molecule has 13 aromatic rings. The minimum atomic E-state index is 1.18. The van der Waals surface area contributed by atoms with Crippen LogP contribution in [0.2, 0.25) is 0 Å². The molecule has 13 rings (SSSR count). The lowest BCUT2D eigenvalue weighted by atomic mass is 9.74. The highest BCUT2D eigenvalue weighted by molar-refractivity contribution is 6.38. The molecule has 0 bridgehead atoms. The van der Waals surface area contributed by atoms with Gasteiger partial charge in [0.25, 0.3) is 0 Å². The van der Waals surface area contributed by atoms with E-state index in [1.54, 1.807) is 0 Å². The topological polar surface area (TPSA) is 0 Å². The first-order valence-electron chi connectivity index (χ1n) is 21.6. The van der Waals surface area contributed by atoms with Crippen LogP contribution in [0.3, 0.4) is 0 Å². The molecule has 13 aromatic carbocycles.